The molecule has 6 heteroatoms. The van der Waals surface area contributed by atoms with Gasteiger partial charge < -0.3 is 20.3 Å². The molecule has 0 atom stereocenters. The van der Waals surface area contributed by atoms with Gasteiger partial charge in [-0.1, -0.05) is 0 Å². The predicted octanol–water partition coefficient (Wildman–Crippen LogP) is 2.23. The molecule has 3 aromatic rings. The number of aromatic amines is 1. The summed E-state index contributed by atoms with van der Waals surface area (Å²) in [6.07, 6.45) is 0. The first-order valence-corrected chi connectivity index (χ1v) is 7.75. The Morgan fingerprint density at radius 3 is 2.67 bits per heavy atom. The van der Waals surface area contributed by atoms with Crippen molar-refractivity contribution in [3.8, 4) is 17.1 Å². The van der Waals surface area contributed by atoms with Gasteiger partial charge in [0.05, 0.1) is 11.0 Å². The van der Waals surface area contributed by atoms with E-state index in [1.165, 1.54) is 0 Å². The average Bonchev–Trinajstić information content (AvgIpc) is 2.98. The molecule has 6 nitrogen and oxygen atoms in total. The third-order valence-corrected chi connectivity index (χ3v) is 3.73. The number of phenols is 1. The topological polar surface area (TPSA) is 81.2 Å². The quantitative estimate of drug-likeness (QED) is 0.672. The van der Waals surface area contributed by atoms with Gasteiger partial charge in [-0.05, 0) is 56.6 Å². The van der Waals surface area contributed by atoms with Gasteiger partial charge in [-0.3, -0.25) is 4.79 Å². The largest absolute Gasteiger partial charge is 0.508 e. The highest BCUT2D eigenvalue weighted by atomic mass is 16.3. The number of benzene rings is 2. The van der Waals surface area contributed by atoms with Crippen LogP contribution in [0.25, 0.3) is 22.4 Å². The van der Waals surface area contributed by atoms with Crippen LogP contribution in [0, 0.1) is 0 Å². The number of aromatic nitrogens is 2. The van der Waals surface area contributed by atoms with E-state index in [1.54, 1.807) is 36.4 Å². The van der Waals surface area contributed by atoms with E-state index < -0.39 is 0 Å². The van der Waals surface area contributed by atoms with Crippen molar-refractivity contribution in [3.63, 3.8) is 0 Å². The molecule has 0 saturated heterocycles. The molecule has 2 aromatic carbocycles. The summed E-state index contributed by atoms with van der Waals surface area (Å²) < 4.78 is 0. The Balaban J connectivity index is 1.81. The van der Waals surface area contributed by atoms with E-state index in [9.17, 15) is 9.90 Å². The van der Waals surface area contributed by atoms with Crippen molar-refractivity contribution < 1.29 is 9.90 Å². The second-order valence-corrected chi connectivity index (χ2v) is 5.92. The van der Waals surface area contributed by atoms with Gasteiger partial charge >= 0.3 is 0 Å². The zero-order valence-corrected chi connectivity index (χ0v) is 13.7. The van der Waals surface area contributed by atoms with Crippen molar-refractivity contribution in [3.05, 3.63) is 48.0 Å². The predicted molar refractivity (Wildman–Crippen MR) is 94.1 cm³/mol. The van der Waals surface area contributed by atoms with E-state index in [4.69, 9.17) is 0 Å². The van der Waals surface area contributed by atoms with E-state index in [0.29, 0.717) is 17.9 Å². The minimum atomic E-state index is -0.0977. The minimum absolute atomic E-state index is 0.0977. The van der Waals surface area contributed by atoms with Gasteiger partial charge in [0.15, 0.2) is 0 Å². The minimum Gasteiger partial charge on any atom is -0.508 e. The monoisotopic (exact) mass is 324 g/mol. The van der Waals surface area contributed by atoms with Gasteiger partial charge in [0.25, 0.3) is 5.91 Å². The summed E-state index contributed by atoms with van der Waals surface area (Å²) in [5.74, 6) is 0.821. The molecule has 0 unspecified atom stereocenters. The van der Waals surface area contributed by atoms with Gasteiger partial charge in [-0.25, -0.2) is 4.98 Å². The summed E-state index contributed by atoms with van der Waals surface area (Å²) >= 11 is 0. The van der Waals surface area contributed by atoms with Gasteiger partial charge in [-0.2, -0.15) is 0 Å². The fourth-order valence-corrected chi connectivity index (χ4v) is 2.40. The lowest BCUT2D eigenvalue weighted by atomic mass is 10.2. The van der Waals surface area contributed by atoms with E-state index in [1.807, 2.05) is 25.1 Å². The SMILES string of the molecule is CN(C)CCNC(=O)c1ccc2nc(-c3ccc(O)cc3)[nH]c2c1. The average molecular weight is 324 g/mol. The molecule has 0 radical (unpaired) electrons. The number of fused-ring (bicyclic) bond motifs is 1. The van der Waals surface area contributed by atoms with Crippen LogP contribution in [0.5, 0.6) is 5.75 Å². The number of amides is 1. The Morgan fingerprint density at radius 1 is 1.21 bits per heavy atom. The van der Waals surface area contributed by atoms with Crippen LogP contribution in [-0.4, -0.2) is 53.1 Å². The van der Waals surface area contributed by atoms with Crippen LogP contribution in [0.15, 0.2) is 42.5 Å². The van der Waals surface area contributed by atoms with Crippen molar-refractivity contribution >= 4 is 16.9 Å². The molecule has 3 N–H and O–H groups in total. The molecular formula is C18H20N4O2. The number of carbonyl (C=O) groups is 1. The van der Waals surface area contributed by atoms with Crippen molar-refractivity contribution in [1.29, 1.82) is 0 Å². The molecule has 1 aromatic heterocycles. The number of phenolic OH excluding ortho intramolecular Hbond substituents is 1. The molecule has 0 aliphatic rings. The fourth-order valence-electron chi connectivity index (χ4n) is 2.40. The normalized spacial score (nSPS) is 11.1. The second-order valence-electron chi connectivity index (χ2n) is 5.92. The number of H-pyrrole nitrogens is 1. The van der Waals surface area contributed by atoms with Crippen LogP contribution >= 0.6 is 0 Å². The Labute approximate surface area is 140 Å². The van der Waals surface area contributed by atoms with Gasteiger partial charge in [0.2, 0.25) is 0 Å². The van der Waals surface area contributed by atoms with E-state index in [2.05, 4.69) is 15.3 Å². The fraction of sp³-hybridized carbons (Fsp3) is 0.222. The van der Waals surface area contributed by atoms with E-state index >= 15 is 0 Å². The molecular weight excluding hydrogens is 304 g/mol. The summed E-state index contributed by atoms with van der Waals surface area (Å²) in [5.41, 5.74) is 3.07. The molecule has 0 aliphatic heterocycles. The van der Waals surface area contributed by atoms with Crippen LogP contribution in [0.4, 0.5) is 0 Å². The lowest BCUT2D eigenvalue weighted by Crippen LogP contribution is -2.31. The van der Waals surface area contributed by atoms with Crippen LogP contribution < -0.4 is 5.32 Å². The highest BCUT2D eigenvalue weighted by molar-refractivity contribution is 5.97. The summed E-state index contributed by atoms with van der Waals surface area (Å²) in [6, 6.07) is 12.2. The molecule has 3 rings (SSSR count). The number of hydrogen-bond donors (Lipinski definition) is 3. The smallest absolute Gasteiger partial charge is 0.251 e. The third-order valence-electron chi connectivity index (χ3n) is 3.73. The highest BCUT2D eigenvalue weighted by Gasteiger charge is 2.10. The van der Waals surface area contributed by atoms with Gasteiger partial charge in [-0.15, -0.1) is 0 Å². The zero-order valence-electron chi connectivity index (χ0n) is 13.7. The number of hydrogen-bond acceptors (Lipinski definition) is 4. The second kappa shape index (κ2) is 6.72. The van der Waals surface area contributed by atoms with Gasteiger partial charge in [0.1, 0.15) is 11.6 Å². The molecule has 0 aliphatic carbocycles. The van der Waals surface area contributed by atoms with Crippen molar-refractivity contribution in [2.24, 2.45) is 0 Å². The highest BCUT2D eigenvalue weighted by Crippen LogP contribution is 2.23. The maximum absolute atomic E-state index is 12.2. The molecule has 0 bridgehead atoms. The van der Waals surface area contributed by atoms with Crippen LogP contribution in [0.3, 0.4) is 0 Å². The lowest BCUT2D eigenvalue weighted by molar-refractivity contribution is 0.0951. The van der Waals surface area contributed by atoms with Crippen molar-refractivity contribution in [2.75, 3.05) is 27.2 Å². The van der Waals surface area contributed by atoms with E-state index in [0.717, 1.165) is 23.1 Å². The Morgan fingerprint density at radius 2 is 1.96 bits per heavy atom. The number of nitrogens with zero attached hydrogens (tertiary/aromatic N) is 2. The molecule has 0 fully saturated rings. The first-order chi connectivity index (χ1) is 11.5. The number of aromatic hydroxyl groups is 1. The molecule has 0 saturated carbocycles. The first kappa shape index (κ1) is 16.0. The molecule has 1 heterocycles. The Kier molecular flexibility index (Phi) is 4.48. The third kappa shape index (κ3) is 3.55. The molecule has 1 amide bonds. The maximum atomic E-state index is 12.2. The van der Waals surface area contributed by atoms with Gasteiger partial charge in [0, 0.05) is 24.2 Å². The standard InChI is InChI=1S/C18H20N4O2/c1-22(2)10-9-19-18(24)13-5-8-15-16(11-13)21-17(20-15)12-3-6-14(23)7-4-12/h3-8,11,23H,9-10H2,1-2H3,(H,19,24)(H,20,21). The number of imidazole rings is 1. The summed E-state index contributed by atoms with van der Waals surface area (Å²) in [4.78, 5) is 22.0. The van der Waals surface area contributed by atoms with Crippen molar-refractivity contribution in [2.45, 2.75) is 0 Å². The molecule has 0 spiro atoms. The molecule has 24 heavy (non-hydrogen) atoms. The number of nitrogens with one attached hydrogen (secondary N) is 2. The molecule has 124 valence electrons. The summed E-state index contributed by atoms with van der Waals surface area (Å²) in [7, 11) is 3.93. The number of rotatable bonds is 5. The summed E-state index contributed by atoms with van der Waals surface area (Å²) in [6.45, 7) is 1.40. The Bertz CT molecular complexity index is 853. The lowest BCUT2D eigenvalue weighted by Gasteiger charge is -2.10. The first-order valence-electron chi connectivity index (χ1n) is 7.75. The van der Waals surface area contributed by atoms with Crippen LogP contribution in [0.1, 0.15) is 10.4 Å². The van der Waals surface area contributed by atoms with Crippen LogP contribution in [0.2, 0.25) is 0 Å². The maximum Gasteiger partial charge on any atom is 0.251 e. The number of carbonyl (C=O) groups excluding carboxylic acids is 1. The Hall–Kier alpha value is -2.86. The summed E-state index contributed by atoms with van der Waals surface area (Å²) in [5, 5.41) is 12.3. The van der Waals surface area contributed by atoms with Crippen LogP contribution in [-0.2, 0) is 0 Å². The zero-order chi connectivity index (χ0) is 17.1. The van der Waals surface area contributed by atoms with E-state index in [-0.39, 0.29) is 11.7 Å². The van der Waals surface area contributed by atoms with Crippen molar-refractivity contribution in [1.82, 2.24) is 20.2 Å². The number of likely N-dealkylation sites (N-methyl/N-ethyl adjacent to an activating group) is 1.